The van der Waals surface area contributed by atoms with Gasteiger partial charge in [-0.2, -0.15) is 0 Å². The number of nitrogens with two attached hydrogens (primary N) is 1. The highest BCUT2D eigenvalue weighted by Gasteiger charge is 2.29. The van der Waals surface area contributed by atoms with E-state index in [1.807, 2.05) is 13.8 Å². The minimum atomic E-state index is -1.52. The monoisotopic (exact) mass is 293 g/mol. The van der Waals surface area contributed by atoms with Gasteiger partial charge in [-0.3, -0.25) is 5.73 Å². The molecule has 6 heteroatoms. The minimum Gasteiger partial charge on any atom is -0.390 e. The van der Waals surface area contributed by atoms with Crippen LogP contribution < -0.4 is 5.73 Å². The van der Waals surface area contributed by atoms with Crippen LogP contribution in [0.15, 0.2) is 18.2 Å². The summed E-state index contributed by atoms with van der Waals surface area (Å²) in [4.78, 5) is 0. The highest BCUT2D eigenvalue weighted by molar-refractivity contribution is 6.36. The molecule has 0 saturated heterocycles. The molecule has 4 N–H and O–H groups in total. The smallest absolute Gasteiger partial charge is 0.211 e. The van der Waals surface area contributed by atoms with Gasteiger partial charge in [0.05, 0.1) is 6.10 Å². The molecule has 0 aliphatic heterocycles. The zero-order valence-corrected chi connectivity index (χ0v) is 11.7. The van der Waals surface area contributed by atoms with Crippen LogP contribution >= 0.6 is 23.2 Å². The molecule has 0 aliphatic carbocycles. The molecule has 1 aromatic rings. The van der Waals surface area contributed by atoms with E-state index in [9.17, 15) is 5.11 Å². The van der Waals surface area contributed by atoms with Crippen molar-refractivity contribution in [2.45, 2.75) is 32.5 Å². The van der Waals surface area contributed by atoms with Crippen LogP contribution in [0.25, 0.3) is 0 Å². The molecule has 0 heterocycles. The summed E-state index contributed by atoms with van der Waals surface area (Å²) >= 11 is 12.1. The molecule has 0 fully saturated rings. The molecule has 0 amide bonds. The number of hydrogen-bond donors (Lipinski definition) is 3. The van der Waals surface area contributed by atoms with Gasteiger partial charge in [0, 0.05) is 15.6 Å². The lowest BCUT2D eigenvalue weighted by molar-refractivity contribution is -0.170. The summed E-state index contributed by atoms with van der Waals surface area (Å²) in [7, 11) is 0. The van der Waals surface area contributed by atoms with Gasteiger partial charge in [-0.25, -0.2) is 0 Å². The minimum absolute atomic E-state index is 0.110. The Morgan fingerprint density at radius 1 is 1.17 bits per heavy atom. The van der Waals surface area contributed by atoms with Crippen LogP contribution in [0.4, 0.5) is 0 Å². The van der Waals surface area contributed by atoms with Crippen LogP contribution in [0.3, 0.4) is 0 Å². The second-order valence-electron chi connectivity index (χ2n) is 4.32. The van der Waals surface area contributed by atoms with Crippen LogP contribution in [-0.2, 0) is 4.74 Å². The second kappa shape index (κ2) is 6.70. The Kier molecular flexibility index (Phi) is 5.85. The van der Waals surface area contributed by atoms with E-state index in [2.05, 4.69) is 0 Å². The number of halogens is 2. The number of hydrogen-bond acceptors (Lipinski definition) is 4. The van der Waals surface area contributed by atoms with Crippen molar-refractivity contribution in [1.82, 2.24) is 0 Å². The lowest BCUT2D eigenvalue weighted by Gasteiger charge is -2.28. The predicted octanol–water partition coefficient (Wildman–Crippen LogP) is 2.30. The van der Waals surface area contributed by atoms with Crippen LogP contribution in [0.5, 0.6) is 0 Å². The van der Waals surface area contributed by atoms with Crippen molar-refractivity contribution in [3.63, 3.8) is 0 Å². The standard InChI is InChI=1S/C12H17Cl2NO3/c1-6(2)10(16)11(18-12(15)17)9-7(13)4-3-5-8(9)14/h3-6,10-12,16-17H,15H2,1-2H3. The van der Waals surface area contributed by atoms with Gasteiger partial charge in [0.1, 0.15) is 6.10 Å². The highest BCUT2D eigenvalue weighted by Crippen LogP contribution is 2.36. The molecule has 0 aliphatic rings. The summed E-state index contributed by atoms with van der Waals surface area (Å²) in [6, 6.07) is 4.95. The van der Waals surface area contributed by atoms with Gasteiger partial charge in [-0.1, -0.05) is 43.1 Å². The molecular formula is C12H17Cl2NO3. The van der Waals surface area contributed by atoms with Gasteiger partial charge in [0.15, 0.2) is 0 Å². The van der Waals surface area contributed by atoms with E-state index in [4.69, 9.17) is 38.8 Å². The van der Waals surface area contributed by atoms with E-state index in [1.165, 1.54) is 0 Å². The van der Waals surface area contributed by atoms with Gasteiger partial charge in [-0.05, 0) is 18.1 Å². The molecular weight excluding hydrogens is 277 g/mol. The van der Waals surface area contributed by atoms with Gasteiger partial charge in [0.25, 0.3) is 0 Å². The van der Waals surface area contributed by atoms with Crippen molar-refractivity contribution >= 4 is 23.2 Å². The molecule has 3 unspecified atom stereocenters. The van der Waals surface area contributed by atoms with E-state index in [0.717, 1.165) is 0 Å². The van der Waals surface area contributed by atoms with Crippen molar-refractivity contribution in [1.29, 1.82) is 0 Å². The first-order valence-corrected chi connectivity index (χ1v) is 6.31. The Morgan fingerprint density at radius 3 is 2.06 bits per heavy atom. The molecule has 0 saturated carbocycles. The fraction of sp³-hybridized carbons (Fsp3) is 0.500. The molecule has 0 aromatic heterocycles. The van der Waals surface area contributed by atoms with Crippen molar-refractivity contribution in [2.24, 2.45) is 11.7 Å². The average molecular weight is 294 g/mol. The maximum Gasteiger partial charge on any atom is 0.211 e. The Labute approximate surface area is 116 Å². The molecule has 4 nitrogen and oxygen atoms in total. The Morgan fingerprint density at radius 2 is 1.67 bits per heavy atom. The zero-order valence-electron chi connectivity index (χ0n) is 10.2. The summed E-state index contributed by atoms with van der Waals surface area (Å²) in [6.07, 6.45) is -3.29. The first-order valence-electron chi connectivity index (χ1n) is 5.55. The number of rotatable bonds is 5. The maximum atomic E-state index is 10.1. The second-order valence-corrected chi connectivity index (χ2v) is 5.13. The van der Waals surface area contributed by atoms with Crippen molar-refractivity contribution in [2.75, 3.05) is 0 Å². The SMILES string of the molecule is CC(C)C(O)C(OC(N)O)c1c(Cl)cccc1Cl. The molecule has 0 bridgehead atoms. The average Bonchev–Trinajstić information content (AvgIpc) is 2.25. The fourth-order valence-corrected chi connectivity index (χ4v) is 2.21. The zero-order chi connectivity index (χ0) is 13.9. The van der Waals surface area contributed by atoms with Gasteiger partial charge in [-0.15, -0.1) is 0 Å². The van der Waals surface area contributed by atoms with Crippen molar-refractivity contribution in [3.8, 4) is 0 Å². The highest BCUT2D eigenvalue weighted by atomic mass is 35.5. The van der Waals surface area contributed by atoms with E-state index in [-0.39, 0.29) is 5.92 Å². The van der Waals surface area contributed by atoms with E-state index in [0.29, 0.717) is 15.6 Å². The largest absolute Gasteiger partial charge is 0.390 e. The summed E-state index contributed by atoms with van der Waals surface area (Å²) in [6.45, 7) is 3.63. The third kappa shape index (κ3) is 3.82. The van der Waals surface area contributed by atoms with Crippen LogP contribution in [0.1, 0.15) is 25.5 Å². The van der Waals surface area contributed by atoms with E-state index in [1.54, 1.807) is 18.2 Å². The predicted molar refractivity (Wildman–Crippen MR) is 71.3 cm³/mol. The van der Waals surface area contributed by atoms with Crippen molar-refractivity contribution in [3.05, 3.63) is 33.8 Å². The molecule has 18 heavy (non-hydrogen) atoms. The fourth-order valence-electron chi connectivity index (χ4n) is 1.60. The maximum absolute atomic E-state index is 10.1. The normalized spacial score (nSPS) is 16.7. The Bertz CT molecular complexity index is 379. The quantitative estimate of drug-likeness (QED) is 0.728. The van der Waals surface area contributed by atoms with Crippen LogP contribution in [0, 0.1) is 5.92 Å². The number of aliphatic hydroxyl groups excluding tert-OH is 2. The number of benzene rings is 1. The summed E-state index contributed by atoms with van der Waals surface area (Å²) < 4.78 is 5.14. The molecule has 1 rings (SSSR count). The Hall–Kier alpha value is -0.360. The molecule has 1 aromatic carbocycles. The molecule has 3 atom stereocenters. The van der Waals surface area contributed by atoms with Gasteiger partial charge >= 0.3 is 0 Å². The number of aliphatic hydroxyl groups is 2. The Balaban J connectivity index is 3.17. The van der Waals surface area contributed by atoms with Crippen LogP contribution in [0.2, 0.25) is 10.0 Å². The summed E-state index contributed by atoms with van der Waals surface area (Å²) in [5, 5.41) is 20.0. The van der Waals surface area contributed by atoms with Gasteiger partial charge < -0.3 is 14.9 Å². The molecule has 0 spiro atoms. The third-order valence-electron chi connectivity index (χ3n) is 2.56. The van der Waals surface area contributed by atoms with Gasteiger partial charge in [0.2, 0.25) is 6.41 Å². The topological polar surface area (TPSA) is 75.7 Å². The molecule has 102 valence electrons. The van der Waals surface area contributed by atoms with Crippen molar-refractivity contribution < 1.29 is 14.9 Å². The van der Waals surface area contributed by atoms with E-state index < -0.39 is 18.6 Å². The number of ether oxygens (including phenoxy) is 1. The third-order valence-corrected chi connectivity index (χ3v) is 3.22. The molecule has 0 radical (unpaired) electrons. The summed E-state index contributed by atoms with van der Waals surface area (Å²) in [5.41, 5.74) is 5.63. The summed E-state index contributed by atoms with van der Waals surface area (Å²) in [5.74, 6) is -0.110. The first kappa shape index (κ1) is 15.7. The van der Waals surface area contributed by atoms with Crippen LogP contribution in [-0.4, -0.2) is 22.7 Å². The lowest BCUT2D eigenvalue weighted by atomic mass is 9.96. The van der Waals surface area contributed by atoms with E-state index >= 15 is 0 Å². The first-order chi connectivity index (χ1) is 8.34. The lowest BCUT2D eigenvalue weighted by Crippen LogP contribution is -2.33.